The number of hydrogen-bond donors (Lipinski definition) is 0. The van der Waals surface area contributed by atoms with Crippen LogP contribution >= 0.6 is 0 Å². The molecule has 0 aliphatic heterocycles. The van der Waals surface area contributed by atoms with Crippen molar-refractivity contribution in [3.63, 3.8) is 0 Å². The van der Waals surface area contributed by atoms with Crippen LogP contribution in [0.15, 0.2) is 40.8 Å². The first-order valence-electron chi connectivity index (χ1n) is 6.47. The Morgan fingerprint density at radius 3 is 2.33 bits per heavy atom. The number of carbonyl (C=O) groups excluding carboxylic acids is 2. The molecule has 0 fully saturated rings. The number of hydrogen-bond acceptors (Lipinski definition) is 5. The van der Waals surface area contributed by atoms with E-state index in [1.165, 1.54) is 14.0 Å². The van der Waals surface area contributed by atoms with Gasteiger partial charge in [-0.05, 0) is 50.2 Å². The summed E-state index contributed by atoms with van der Waals surface area (Å²) in [5.74, 6) is 0.743. The molecule has 0 amide bonds. The third kappa shape index (κ3) is 3.51. The Hall–Kier alpha value is -2.56. The number of furan rings is 1. The van der Waals surface area contributed by atoms with Crippen LogP contribution in [0, 0.1) is 0 Å². The molecule has 0 spiro atoms. The van der Waals surface area contributed by atoms with Gasteiger partial charge in [-0.3, -0.25) is 4.79 Å². The zero-order valence-electron chi connectivity index (χ0n) is 12.1. The van der Waals surface area contributed by atoms with Gasteiger partial charge in [0, 0.05) is 5.56 Å². The van der Waals surface area contributed by atoms with Crippen molar-refractivity contribution in [1.29, 1.82) is 0 Å². The van der Waals surface area contributed by atoms with Gasteiger partial charge in [0.1, 0.15) is 11.5 Å². The Balaban J connectivity index is 2.07. The van der Waals surface area contributed by atoms with E-state index in [4.69, 9.17) is 9.15 Å². The zero-order chi connectivity index (χ0) is 15.4. The lowest BCUT2D eigenvalue weighted by Crippen LogP contribution is -2.03. The molecule has 110 valence electrons. The SMILES string of the molecule is COC(=O)c1ccc(C(C)Oc2ccc(C(C)=O)cc2)o1. The summed E-state index contributed by atoms with van der Waals surface area (Å²) in [7, 11) is 1.29. The highest BCUT2D eigenvalue weighted by molar-refractivity contribution is 5.94. The van der Waals surface area contributed by atoms with Crippen molar-refractivity contribution in [3.8, 4) is 5.75 Å². The van der Waals surface area contributed by atoms with Crippen LogP contribution in [0.2, 0.25) is 0 Å². The molecule has 1 aromatic carbocycles. The van der Waals surface area contributed by atoms with E-state index in [0.717, 1.165) is 0 Å². The van der Waals surface area contributed by atoms with Gasteiger partial charge in [0.05, 0.1) is 7.11 Å². The second-order valence-electron chi connectivity index (χ2n) is 4.53. The van der Waals surface area contributed by atoms with Crippen LogP contribution in [0.4, 0.5) is 0 Å². The van der Waals surface area contributed by atoms with Crippen LogP contribution in [-0.2, 0) is 4.74 Å². The van der Waals surface area contributed by atoms with Gasteiger partial charge in [-0.15, -0.1) is 0 Å². The summed E-state index contributed by atoms with van der Waals surface area (Å²) < 4.78 is 15.7. The number of Topliss-reactive ketones (excluding diaryl/α,β-unsaturated/α-hetero) is 1. The highest BCUT2D eigenvalue weighted by Gasteiger charge is 2.16. The molecule has 2 rings (SSSR count). The summed E-state index contributed by atoms with van der Waals surface area (Å²) in [6.07, 6.45) is -0.369. The zero-order valence-corrected chi connectivity index (χ0v) is 12.1. The van der Waals surface area contributed by atoms with Gasteiger partial charge in [-0.2, -0.15) is 0 Å². The fourth-order valence-corrected chi connectivity index (χ4v) is 1.81. The summed E-state index contributed by atoms with van der Waals surface area (Å²) in [6, 6.07) is 10.0. The molecular weight excluding hydrogens is 272 g/mol. The van der Waals surface area contributed by atoms with Gasteiger partial charge in [0.15, 0.2) is 11.9 Å². The molecule has 0 saturated heterocycles. The van der Waals surface area contributed by atoms with Crippen molar-refractivity contribution in [2.24, 2.45) is 0 Å². The lowest BCUT2D eigenvalue weighted by atomic mass is 10.1. The van der Waals surface area contributed by atoms with Crippen LogP contribution in [0.3, 0.4) is 0 Å². The molecule has 0 N–H and O–H groups in total. The average Bonchev–Trinajstić information content (AvgIpc) is 2.97. The van der Waals surface area contributed by atoms with E-state index >= 15 is 0 Å². The molecule has 1 aromatic heterocycles. The normalized spacial score (nSPS) is 11.8. The third-order valence-electron chi connectivity index (χ3n) is 2.99. The maximum absolute atomic E-state index is 11.3. The molecule has 0 bridgehead atoms. The molecule has 1 atom stereocenters. The number of benzene rings is 1. The average molecular weight is 288 g/mol. The van der Waals surface area contributed by atoms with Crippen LogP contribution in [0.5, 0.6) is 5.75 Å². The first kappa shape index (κ1) is 14.8. The maximum Gasteiger partial charge on any atom is 0.373 e. The molecule has 5 heteroatoms. The van der Waals surface area contributed by atoms with Crippen molar-refractivity contribution < 1.29 is 23.5 Å². The van der Waals surface area contributed by atoms with E-state index in [1.54, 1.807) is 43.3 Å². The lowest BCUT2D eigenvalue weighted by molar-refractivity contribution is 0.0558. The van der Waals surface area contributed by atoms with Gasteiger partial charge in [0.25, 0.3) is 0 Å². The molecule has 0 radical (unpaired) electrons. The van der Waals surface area contributed by atoms with E-state index in [1.807, 2.05) is 0 Å². The van der Waals surface area contributed by atoms with Gasteiger partial charge in [0.2, 0.25) is 5.76 Å². The Bertz CT molecular complexity index is 639. The molecule has 0 saturated carbocycles. The van der Waals surface area contributed by atoms with E-state index < -0.39 is 5.97 Å². The van der Waals surface area contributed by atoms with Gasteiger partial charge in [-0.1, -0.05) is 0 Å². The number of esters is 1. The Labute approximate surface area is 122 Å². The molecule has 0 aliphatic carbocycles. The molecule has 21 heavy (non-hydrogen) atoms. The topological polar surface area (TPSA) is 65.7 Å². The summed E-state index contributed by atoms with van der Waals surface area (Å²) in [4.78, 5) is 22.5. The molecule has 5 nitrogen and oxygen atoms in total. The van der Waals surface area contributed by atoms with E-state index in [0.29, 0.717) is 17.1 Å². The standard InChI is InChI=1S/C16H16O5/c1-10(17)12-4-6-13(7-5-12)20-11(2)14-8-9-15(21-14)16(18)19-3/h4-9,11H,1-3H3. The highest BCUT2D eigenvalue weighted by Crippen LogP contribution is 2.24. The monoisotopic (exact) mass is 288 g/mol. The van der Waals surface area contributed by atoms with E-state index in [-0.39, 0.29) is 17.6 Å². The summed E-state index contributed by atoms with van der Waals surface area (Å²) in [5.41, 5.74) is 0.626. The number of carbonyl (C=O) groups is 2. The third-order valence-corrected chi connectivity index (χ3v) is 2.99. The van der Waals surface area contributed by atoms with Gasteiger partial charge in [-0.25, -0.2) is 4.79 Å². The van der Waals surface area contributed by atoms with Crippen LogP contribution < -0.4 is 4.74 Å². The van der Waals surface area contributed by atoms with Crippen LogP contribution in [0.1, 0.15) is 46.6 Å². The number of ether oxygens (including phenoxy) is 2. The fourth-order valence-electron chi connectivity index (χ4n) is 1.81. The number of rotatable bonds is 5. The largest absolute Gasteiger partial charge is 0.483 e. The molecule has 2 aromatic rings. The highest BCUT2D eigenvalue weighted by atomic mass is 16.5. The van der Waals surface area contributed by atoms with Crippen molar-refractivity contribution in [2.75, 3.05) is 7.11 Å². The first-order valence-corrected chi connectivity index (χ1v) is 6.47. The summed E-state index contributed by atoms with van der Waals surface area (Å²) >= 11 is 0. The predicted octanol–water partition coefficient (Wildman–Crippen LogP) is 3.41. The Kier molecular flexibility index (Phi) is 4.42. The lowest BCUT2D eigenvalue weighted by Gasteiger charge is -2.12. The Morgan fingerprint density at radius 2 is 1.76 bits per heavy atom. The number of ketones is 1. The maximum atomic E-state index is 11.3. The van der Waals surface area contributed by atoms with Crippen molar-refractivity contribution in [1.82, 2.24) is 0 Å². The minimum Gasteiger partial charge on any atom is -0.483 e. The summed E-state index contributed by atoms with van der Waals surface area (Å²) in [6.45, 7) is 3.31. The van der Waals surface area contributed by atoms with E-state index in [2.05, 4.69) is 4.74 Å². The second kappa shape index (κ2) is 6.26. The van der Waals surface area contributed by atoms with Crippen molar-refractivity contribution >= 4 is 11.8 Å². The Morgan fingerprint density at radius 1 is 1.10 bits per heavy atom. The van der Waals surface area contributed by atoms with Crippen molar-refractivity contribution in [3.05, 3.63) is 53.5 Å². The molecule has 1 heterocycles. The predicted molar refractivity (Wildman–Crippen MR) is 75.5 cm³/mol. The van der Waals surface area contributed by atoms with Gasteiger partial charge < -0.3 is 13.9 Å². The van der Waals surface area contributed by atoms with Gasteiger partial charge >= 0.3 is 5.97 Å². The minimum absolute atomic E-state index is 0.00310. The quantitative estimate of drug-likeness (QED) is 0.623. The first-order chi connectivity index (χ1) is 10.0. The number of methoxy groups -OCH3 is 1. The van der Waals surface area contributed by atoms with Crippen LogP contribution in [-0.4, -0.2) is 18.9 Å². The smallest absolute Gasteiger partial charge is 0.373 e. The van der Waals surface area contributed by atoms with Crippen LogP contribution in [0.25, 0.3) is 0 Å². The van der Waals surface area contributed by atoms with Crippen molar-refractivity contribution in [2.45, 2.75) is 20.0 Å². The minimum atomic E-state index is -0.528. The summed E-state index contributed by atoms with van der Waals surface area (Å²) in [5, 5.41) is 0. The second-order valence-corrected chi connectivity index (χ2v) is 4.53. The molecule has 0 aliphatic rings. The molecular formula is C16H16O5. The molecule has 1 unspecified atom stereocenters. The van der Waals surface area contributed by atoms with E-state index in [9.17, 15) is 9.59 Å². The fraction of sp³-hybridized carbons (Fsp3) is 0.250.